The van der Waals surface area contributed by atoms with Gasteiger partial charge in [0.25, 0.3) is 5.91 Å². The molecule has 19 heavy (non-hydrogen) atoms. The maximum Gasteiger partial charge on any atom is 0.417 e. The Morgan fingerprint density at radius 1 is 1.37 bits per heavy atom. The van der Waals surface area contributed by atoms with Crippen LogP contribution in [0.25, 0.3) is 0 Å². The molecule has 1 aromatic rings. The molecule has 1 N–H and O–H groups in total. The number of hydrogen-bond acceptors (Lipinski definition) is 4. The molecule has 0 fully saturated rings. The highest BCUT2D eigenvalue weighted by Crippen LogP contribution is 2.28. The van der Waals surface area contributed by atoms with E-state index in [4.69, 9.17) is 0 Å². The van der Waals surface area contributed by atoms with Gasteiger partial charge in [-0.1, -0.05) is 0 Å². The number of methoxy groups -OCH3 is 1. The van der Waals surface area contributed by atoms with Gasteiger partial charge in [-0.25, -0.2) is 0 Å². The number of hydrogen-bond donors (Lipinski definition) is 1. The standard InChI is InChI=1S/C11H11F3N2O3/c1-19-9(17)4-5-15-10(18)8-3-2-7(6-16-8)11(12,13)14/h2-3,6H,4-5H2,1H3,(H,15,18). The van der Waals surface area contributed by atoms with E-state index in [0.29, 0.717) is 6.20 Å². The highest BCUT2D eigenvalue weighted by atomic mass is 19.4. The summed E-state index contributed by atoms with van der Waals surface area (Å²) in [5, 5.41) is 2.34. The lowest BCUT2D eigenvalue weighted by Crippen LogP contribution is -2.27. The van der Waals surface area contributed by atoms with Crippen LogP contribution < -0.4 is 5.32 Å². The number of halogens is 3. The van der Waals surface area contributed by atoms with Gasteiger partial charge in [0.1, 0.15) is 5.69 Å². The second-order valence-electron chi connectivity index (χ2n) is 3.51. The Balaban J connectivity index is 2.56. The second kappa shape index (κ2) is 6.17. The number of pyridine rings is 1. The molecular formula is C11H11F3N2O3. The van der Waals surface area contributed by atoms with Crippen LogP contribution in [0.4, 0.5) is 13.2 Å². The van der Waals surface area contributed by atoms with Crippen LogP contribution in [0.15, 0.2) is 18.3 Å². The second-order valence-corrected chi connectivity index (χ2v) is 3.51. The summed E-state index contributed by atoms with van der Waals surface area (Å²) in [6.07, 6.45) is -3.94. The topological polar surface area (TPSA) is 68.3 Å². The van der Waals surface area contributed by atoms with E-state index in [0.717, 1.165) is 12.1 Å². The third-order valence-corrected chi connectivity index (χ3v) is 2.17. The third kappa shape index (κ3) is 4.57. The zero-order valence-electron chi connectivity index (χ0n) is 9.95. The van der Waals surface area contributed by atoms with E-state index >= 15 is 0 Å². The van der Waals surface area contributed by atoms with Crippen LogP contribution in [0, 0.1) is 0 Å². The summed E-state index contributed by atoms with van der Waals surface area (Å²) in [4.78, 5) is 25.7. The summed E-state index contributed by atoms with van der Waals surface area (Å²) in [5.74, 6) is -1.15. The molecule has 1 rings (SSSR count). The predicted octanol–water partition coefficient (Wildman–Crippen LogP) is 1.39. The van der Waals surface area contributed by atoms with E-state index in [9.17, 15) is 22.8 Å². The number of carbonyl (C=O) groups excluding carboxylic acids is 2. The third-order valence-electron chi connectivity index (χ3n) is 2.17. The van der Waals surface area contributed by atoms with E-state index < -0.39 is 23.6 Å². The lowest BCUT2D eigenvalue weighted by molar-refractivity contribution is -0.140. The van der Waals surface area contributed by atoms with Crippen LogP contribution in [0.3, 0.4) is 0 Å². The van der Waals surface area contributed by atoms with Gasteiger partial charge in [0.15, 0.2) is 0 Å². The molecule has 0 radical (unpaired) electrons. The molecular weight excluding hydrogens is 265 g/mol. The van der Waals surface area contributed by atoms with Crippen molar-refractivity contribution in [3.8, 4) is 0 Å². The number of rotatable bonds is 4. The van der Waals surface area contributed by atoms with E-state index in [2.05, 4.69) is 15.0 Å². The minimum Gasteiger partial charge on any atom is -0.469 e. The average Bonchev–Trinajstić information content (AvgIpc) is 2.37. The van der Waals surface area contributed by atoms with Crippen molar-refractivity contribution in [3.63, 3.8) is 0 Å². The Morgan fingerprint density at radius 3 is 2.53 bits per heavy atom. The van der Waals surface area contributed by atoms with E-state index in [-0.39, 0.29) is 18.7 Å². The summed E-state index contributed by atoms with van der Waals surface area (Å²) < 4.78 is 41.1. The maximum atomic E-state index is 12.3. The van der Waals surface area contributed by atoms with Gasteiger partial charge in [-0.3, -0.25) is 14.6 Å². The summed E-state index contributed by atoms with van der Waals surface area (Å²) >= 11 is 0. The Labute approximate surface area is 106 Å². The molecule has 104 valence electrons. The molecule has 1 amide bonds. The van der Waals surface area contributed by atoms with Gasteiger partial charge in [0, 0.05) is 12.7 Å². The summed E-state index contributed by atoms with van der Waals surface area (Å²) in [6, 6.07) is 1.73. The summed E-state index contributed by atoms with van der Waals surface area (Å²) in [6.45, 7) is 0.0220. The van der Waals surface area contributed by atoms with Gasteiger partial charge in [0.2, 0.25) is 0 Å². The van der Waals surface area contributed by atoms with Crippen molar-refractivity contribution in [3.05, 3.63) is 29.6 Å². The first-order chi connectivity index (χ1) is 8.84. The van der Waals surface area contributed by atoms with Crippen molar-refractivity contribution in [2.75, 3.05) is 13.7 Å². The van der Waals surface area contributed by atoms with Crippen molar-refractivity contribution < 1.29 is 27.5 Å². The smallest absolute Gasteiger partial charge is 0.417 e. The Hall–Kier alpha value is -2.12. The molecule has 0 spiro atoms. The van der Waals surface area contributed by atoms with Crippen LogP contribution in [0.5, 0.6) is 0 Å². The van der Waals surface area contributed by atoms with Gasteiger partial charge < -0.3 is 10.1 Å². The van der Waals surface area contributed by atoms with Crippen LogP contribution in [0.2, 0.25) is 0 Å². The van der Waals surface area contributed by atoms with Crippen LogP contribution >= 0.6 is 0 Å². The van der Waals surface area contributed by atoms with E-state index in [1.165, 1.54) is 7.11 Å². The van der Waals surface area contributed by atoms with Crippen LogP contribution in [-0.2, 0) is 15.7 Å². The van der Waals surface area contributed by atoms with Gasteiger partial charge >= 0.3 is 12.1 Å². The molecule has 0 aromatic carbocycles. The Kier molecular flexibility index (Phi) is 4.85. The number of carbonyl (C=O) groups is 2. The van der Waals surface area contributed by atoms with Crippen LogP contribution in [0.1, 0.15) is 22.5 Å². The molecule has 0 saturated carbocycles. The van der Waals surface area contributed by atoms with Crippen molar-refractivity contribution >= 4 is 11.9 Å². The van der Waals surface area contributed by atoms with Gasteiger partial charge in [-0.2, -0.15) is 13.2 Å². The van der Waals surface area contributed by atoms with Gasteiger partial charge in [0.05, 0.1) is 19.1 Å². The first-order valence-corrected chi connectivity index (χ1v) is 5.23. The SMILES string of the molecule is COC(=O)CCNC(=O)c1ccc(C(F)(F)F)cn1. The average molecular weight is 276 g/mol. The monoisotopic (exact) mass is 276 g/mol. The first kappa shape index (κ1) is 14.9. The minimum atomic E-state index is -4.49. The normalized spacial score (nSPS) is 10.9. The molecule has 0 bridgehead atoms. The fraction of sp³-hybridized carbons (Fsp3) is 0.364. The molecule has 8 heteroatoms. The van der Waals surface area contributed by atoms with Gasteiger partial charge in [-0.15, -0.1) is 0 Å². The number of alkyl halides is 3. The largest absolute Gasteiger partial charge is 0.469 e. The Morgan fingerprint density at radius 2 is 2.05 bits per heavy atom. The summed E-state index contributed by atoms with van der Waals surface area (Å²) in [7, 11) is 1.21. The molecule has 0 aliphatic carbocycles. The predicted molar refractivity (Wildman–Crippen MR) is 58.2 cm³/mol. The highest BCUT2D eigenvalue weighted by Gasteiger charge is 2.30. The van der Waals surface area contributed by atoms with Crippen molar-refractivity contribution in [2.45, 2.75) is 12.6 Å². The van der Waals surface area contributed by atoms with Crippen molar-refractivity contribution in [1.82, 2.24) is 10.3 Å². The zero-order valence-corrected chi connectivity index (χ0v) is 9.95. The number of esters is 1. The van der Waals surface area contributed by atoms with Crippen LogP contribution in [-0.4, -0.2) is 30.5 Å². The quantitative estimate of drug-likeness (QED) is 0.844. The zero-order chi connectivity index (χ0) is 14.5. The number of nitrogens with one attached hydrogen (secondary N) is 1. The molecule has 0 unspecified atom stereocenters. The lowest BCUT2D eigenvalue weighted by Gasteiger charge is -2.07. The van der Waals surface area contributed by atoms with Crippen molar-refractivity contribution in [2.24, 2.45) is 0 Å². The fourth-order valence-corrected chi connectivity index (χ4v) is 1.17. The molecule has 0 aliphatic rings. The highest BCUT2D eigenvalue weighted by molar-refractivity contribution is 5.92. The molecule has 1 aromatic heterocycles. The maximum absolute atomic E-state index is 12.3. The fourth-order valence-electron chi connectivity index (χ4n) is 1.17. The molecule has 0 atom stereocenters. The lowest BCUT2D eigenvalue weighted by atomic mass is 10.2. The first-order valence-electron chi connectivity index (χ1n) is 5.23. The number of nitrogens with zero attached hydrogens (tertiary/aromatic N) is 1. The molecule has 1 heterocycles. The number of amides is 1. The minimum absolute atomic E-state index is 0.0220. The van der Waals surface area contributed by atoms with Crippen molar-refractivity contribution in [1.29, 1.82) is 0 Å². The molecule has 5 nitrogen and oxygen atoms in total. The van der Waals surface area contributed by atoms with Gasteiger partial charge in [-0.05, 0) is 12.1 Å². The van der Waals surface area contributed by atoms with E-state index in [1.807, 2.05) is 0 Å². The number of ether oxygens (including phenoxy) is 1. The summed E-state index contributed by atoms with van der Waals surface area (Å²) in [5.41, 5.74) is -1.09. The number of aromatic nitrogens is 1. The molecule has 0 saturated heterocycles. The Bertz CT molecular complexity index is 457. The van der Waals surface area contributed by atoms with E-state index in [1.54, 1.807) is 0 Å². The molecule has 0 aliphatic heterocycles.